The Kier molecular flexibility index (Phi) is 4.10. The van der Waals surface area contributed by atoms with Crippen molar-refractivity contribution in [1.82, 2.24) is 5.01 Å². The minimum atomic E-state index is 0.723. The molecule has 5 nitrogen and oxygen atoms in total. The van der Waals surface area contributed by atoms with E-state index in [-0.39, 0.29) is 0 Å². The number of fused-ring (bicyclic) bond motifs is 1. The van der Waals surface area contributed by atoms with Gasteiger partial charge in [0.1, 0.15) is 0 Å². The van der Waals surface area contributed by atoms with Crippen LogP contribution in [0.4, 0.5) is 5.69 Å². The Balaban J connectivity index is 2.00. The van der Waals surface area contributed by atoms with Gasteiger partial charge in [-0.3, -0.25) is 5.01 Å². The Morgan fingerprint density at radius 1 is 1.09 bits per heavy atom. The lowest BCUT2D eigenvalue weighted by molar-refractivity contribution is 0.332. The first kappa shape index (κ1) is 15.2. The van der Waals surface area contributed by atoms with Crippen LogP contribution in [0.5, 0.6) is 11.5 Å². The molecule has 0 bridgehead atoms. The molecule has 2 aromatic carbocycles. The number of ether oxygens (including phenoxy) is 2. The summed E-state index contributed by atoms with van der Waals surface area (Å²) in [6.45, 7) is 0.751. The molecule has 2 aromatic rings. The van der Waals surface area contributed by atoms with Crippen molar-refractivity contribution < 1.29 is 9.47 Å². The van der Waals surface area contributed by atoms with E-state index in [2.05, 4.69) is 0 Å². The highest BCUT2D eigenvalue weighted by Gasteiger charge is 2.21. The van der Waals surface area contributed by atoms with Crippen LogP contribution in [0.15, 0.2) is 41.5 Å². The summed E-state index contributed by atoms with van der Waals surface area (Å²) >= 11 is 0. The molecular formula is C18H21N3O2. The Morgan fingerprint density at radius 3 is 2.39 bits per heavy atom. The van der Waals surface area contributed by atoms with Crippen LogP contribution in [0, 0.1) is 0 Å². The number of methoxy groups -OCH3 is 2. The second-order valence-electron chi connectivity index (χ2n) is 5.65. The minimum Gasteiger partial charge on any atom is -0.493 e. The summed E-state index contributed by atoms with van der Waals surface area (Å²) in [7, 11) is 5.28. The molecule has 0 spiro atoms. The Hall–Kier alpha value is -2.69. The van der Waals surface area contributed by atoms with E-state index in [4.69, 9.17) is 20.3 Å². The van der Waals surface area contributed by atoms with Crippen LogP contribution in [0.2, 0.25) is 0 Å². The van der Waals surface area contributed by atoms with Gasteiger partial charge in [-0.05, 0) is 35.4 Å². The monoisotopic (exact) mass is 311 g/mol. The van der Waals surface area contributed by atoms with E-state index < -0.39 is 0 Å². The predicted octanol–water partition coefficient (Wildman–Crippen LogP) is 2.68. The molecule has 1 aliphatic rings. The summed E-state index contributed by atoms with van der Waals surface area (Å²) in [6.07, 6.45) is 0.743. The smallest absolute Gasteiger partial charge is 0.161 e. The normalized spacial score (nSPS) is 13.3. The highest BCUT2D eigenvalue weighted by atomic mass is 16.5. The molecular weight excluding hydrogens is 290 g/mol. The quantitative estimate of drug-likeness (QED) is 0.882. The Morgan fingerprint density at radius 2 is 1.74 bits per heavy atom. The van der Waals surface area contributed by atoms with Crippen molar-refractivity contribution in [1.29, 1.82) is 0 Å². The molecule has 0 amide bonds. The van der Waals surface area contributed by atoms with Crippen molar-refractivity contribution in [2.45, 2.75) is 13.0 Å². The zero-order valence-corrected chi connectivity index (χ0v) is 13.7. The van der Waals surface area contributed by atoms with Crippen LogP contribution in [0.25, 0.3) is 0 Å². The number of anilines is 1. The first-order chi connectivity index (χ1) is 11.1. The summed E-state index contributed by atoms with van der Waals surface area (Å²) in [5.41, 5.74) is 11.0. The lowest BCUT2D eigenvalue weighted by Crippen LogP contribution is -2.24. The molecule has 0 unspecified atom stereocenters. The molecule has 0 aliphatic carbocycles. The van der Waals surface area contributed by atoms with Gasteiger partial charge in [-0.1, -0.05) is 12.1 Å². The van der Waals surface area contributed by atoms with Crippen molar-refractivity contribution in [2.75, 3.05) is 27.0 Å². The number of nitrogens with two attached hydrogens (primary N) is 1. The Labute approximate surface area is 136 Å². The average Bonchev–Trinajstić information content (AvgIpc) is 2.55. The molecule has 0 saturated carbocycles. The maximum Gasteiger partial charge on any atom is 0.161 e. The van der Waals surface area contributed by atoms with Crippen LogP contribution < -0.4 is 15.2 Å². The van der Waals surface area contributed by atoms with Gasteiger partial charge in [0.2, 0.25) is 0 Å². The topological polar surface area (TPSA) is 60.1 Å². The fourth-order valence-electron chi connectivity index (χ4n) is 2.82. The summed E-state index contributed by atoms with van der Waals surface area (Å²) in [6, 6.07) is 11.9. The number of nitrogens with zero attached hydrogens (tertiary/aromatic N) is 2. The maximum absolute atomic E-state index is 5.76. The number of nitrogen functional groups attached to an aromatic ring is 1. The second-order valence-corrected chi connectivity index (χ2v) is 5.65. The predicted molar refractivity (Wildman–Crippen MR) is 92.1 cm³/mol. The van der Waals surface area contributed by atoms with Crippen molar-refractivity contribution in [2.24, 2.45) is 5.10 Å². The van der Waals surface area contributed by atoms with Gasteiger partial charge in [0, 0.05) is 24.7 Å². The fourth-order valence-corrected chi connectivity index (χ4v) is 2.82. The summed E-state index contributed by atoms with van der Waals surface area (Å²) < 4.78 is 10.8. The van der Waals surface area contributed by atoms with E-state index in [1.807, 2.05) is 48.5 Å². The number of hydrogen-bond donors (Lipinski definition) is 1. The van der Waals surface area contributed by atoms with Crippen molar-refractivity contribution in [3.05, 3.63) is 53.1 Å². The summed E-state index contributed by atoms with van der Waals surface area (Å²) in [5.74, 6) is 1.47. The van der Waals surface area contributed by atoms with Gasteiger partial charge in [0.15, 0.2) is 11.5 Å². The van der Waals surface area contributed by atoms with Crippen LogP contribution in [-0.2, 0) is 13.0 Å². The molecule has 3 rings (SSSR count). The van der Waals surface area contributed by atoms with Crippen LogP contribution >= 0.6 is 0 Å². The van der Waals surface area contributed by atoms with Gasteiger partial charge in [-0.2, -0.15) is 5.10 Å². The van der Waals surface area contributed by atoms with E-state index >= 15 is 0 Å². The van der Waals surface area contributed by atoms with E-state index in [9.17, 15) is 0 Å². The van der Waals surface area contributed by atoms with E-state index in [1.54, 1.807) is 14.2 Å². The van der Waals surface area contributed by atoms with Crippen molar-refractivity contribution >= 4 is 11.4 Å². The first-order valence-electron chi connectivity index (χ1n) is 7.49. The van der Waals surface area contributed by atoms with Crippen LogP contribution in [0.3, 0.4) is 0 Å². The summed E-state index contributed by atoms with van der Waals surface area (Å²) in [4.78, 5) is 0. The molecule has 5 heteroatoms. The highest BCUT2D eigenvalue weighted by Crippen LogP contribution is 2.33. The van der Waals surface area contributed by atoms with Gasteiger partial charge in [-0.25, -0.2) is 0 Å². The number of rotatable bonds is 4. The molecule has 0 saturated heterocycles. The third-order valence-corrected chi connectivity index (χ3v) is 3.96. The van der Waals surface area contributed by atoms with Crippen LogP contribution in [-0.4, -0.2) is 32.0 Å². The first-order valence-corrected chi connectivity index (χ1v) is 7.49. The highest BCUT2D eigenvalue weighted by molar-refractivity contribution is 6.04. The van der Waals surface area contributed by atoms with Gasteiger partial charge < -0.3 is 15.2 Å². The van der Waals surface area contributed by atoms with Gasteiger partial charge >= 0.3 is 0 Å². The third-order valence-electron chi connectivity index (χ3n) is 3.96. The van der Waals surface area contributed by atoms with Crippen molar-refractivity contribution in [3.63, 3.8) is 0 Å². The van der Waals surface area contributed by atoms with Crippen LogP contribution in [0.1, 0.15) is 16.7 Å². The standard InChI is InChI=1S/C18H21N3O2/c1-21-11-13-9-17(22-2)18(23-3)10-15(13)16(20-21)8-12-4-6-14(19)7-5-12/h4-7,9-10H,8,11,19H2,1-3H3. The molecule has 0 aromatic heterocycles. The minimum absolute atomic E-state index is 0.723. The number of hydrogen-bond acceptors (Lipinski definition) is 5. The lowest BCUT2D eigenvalue weighted by Gasteiger charge is -2.25. The number of hydrazone groups is 1. The average molecular weight is 311 g/mol. The number of benzene rings is 2. The summed E-state index contributed by atoms with van der Waals surface area (Å²) in [5, 5.41) is 6.64. The molecule has 0 fully saturated rings. The molecule has 120 valence electrons. The zero-order valence-electron chi connectivity index (χ0n) is 13.7. The van der Waals surface area contributed by atoms with E-state index in [0.29, 0.717) is 0 Å². The lowest BCUT2D eigenvalue weighted by atomic mass is 9.95. The van der Waals surface area contributed by atoms with E-state index in [1.165, 1.54) is 11.1 Å². The molecule has 0 radical (unpaired) electrons. The molecule has 1 heterocycles. The fraction of sp³-hybridized carbons (Fsp3) is 0.278. The molecule has 0 atom stereocenters. The van der Waals surface area contributed by atoms with Gasteiger partial charge in [-0.15, -0.1) is 0 Å². The van der Waals surface area contributed by atoms with Gasteiger partial charge in [0.25, 0.3) is 0 Å². The van der Waals surface area contributed by atoms with Crippen molar-refractivity contribution in [3.8, 4) is 11.5 Å². The maximum atomic E-state index is 5.76. The van der Waals surface area contributed by atoms with E-state index in [0.717, 1.165) is 41.4 Å². The molecule has 23 heavy (non-hydrogen) atoms. The third kappa shape index (κ3) is 3.08. The second kappa shape index (κ2) is 6.20. The molecule has 2 N–H and O–H groups in total. The Bertz CT molecular complexity index is 739. The van der Waals surface area contributed by atoms with Gasteiger partial charge in [0.05, 0.1) is 26.5 Å². The SMILES string of the molecule is COc1cc2c(cc1OC)C(Cc1ccc(N)cc1)=NN(C)C2. The zero-order chi connectivity index (χ0) is 16.4. The molecule has 1 aliphatic heterocycles. The largest absolute Gasteiger partial charge is 0.493 e.